The van der Waals surface area contributed by atoms with E-state index in [1.807, 2.05) is 84.9 Å². The largest absolute Gasteiger partial charge is 0.496 e. The number of cyclic esters (lactones) is 1. The summed E-state index contributed by atoms with van der Waals surface area (Å²) in [6, 6.07) is 29.6. The third kappa shape index (κ3) is 2.26. The van der Waals surface area contributed by atoms with Crippen LogP contribution in [0.25, 0.3) is 10.8 Å². The number of carbonyl (C=O) groups excluding carboxylic acids is 1. The van der Waals surface area contributed by atoms with Gasteiger partial charge in [0.2, 0.25) is 0 Å². The number of rotatable bonds is 3. The smallest absolute Gasteiger partial charge is 0.340 e. The zero-order valence-electron chi connectivity index (χ0n) is 15.4. The molecule has 3 heteroatoms. The number of methoxy groups -OCH3 is 1. The number of benzene rings is 4. The van der Waals surface area contributed by atoms with E-state index in [0.29, 0.717) is 5.56 Å². The highest BCUT2D eigenvalue weighted by Gasteiger charge is 2.48. The van der Waals surface area contributed by atoms with Crippen LogP contribution in [0.4, 0.5) is 0 Å². The molecule has 0 aromatic heterocycles. The van der Waals surface area contributed by atoms with E-state index >= 15 is 0 Å². The van der Waals surface area contributed by atoms with Gasteiger partial charge in [0.1, 0.15) is 5.75 Å². The SMILES string of the molecule is COc1cccc2cc([C@]3(c4ccccc4)OC(=O)c4ccccc43)ccc12. The number of hydrogen-bond acceptors (Lipinski definition) is 3. The molecule has 4 aromatic carbocycles. The molecule has 0 saturated carbocycles. The maximum atomic E-state index is 12.7. The highest BCUT2D eigenvalue weighted by atomic mass is 16.6. The predicted octanol–water partition coefficient (Wildman–Crippen LogP) is 5.31. The number of esters is 1. The topological polar surface area (TPSA) is 35.5 Å². The molecule has 0 aliphatic carbocycles. The fraction of sp³-hybridized carbons (Fsp3) is 0.0800. The van der Waals surface area contributed by atoms with Crippen molar-refractivity contribution in [2.75, 3.05) is 7.11 Å². The van der Waals surface area contributed by atoms with Crippen molar-refractivity contribution < 1.29 is 14.3 Å². The first-order valence-electron chi connectivity index (χ1n) is 9.19. The summed E-state index contributed by atoms with van der Waals surface area (Å²) in [6.07, 6.45) is 0. The summed E-state index contributed by atoms with van der Waals surface area (Å²) in [7, 11) is 1.67. The third-order valence-electron chi connectivity index (χ3n) is 5.42. The maximum Gasteiger partial charge on any atom is 0.340 e. The minimum absolute atomic E-state index is 0.301. The molecular formula is C25H18O3. The Morgan fingerprint density at radius 1 is 0.786 bits per heavy atom. The molecule has 28 heavy (non-hydrogen) atoms. The van der Waals surface area contributed by atoms with Gasteiger partial charge >= 0.3 is 5.97 Å². The molecule has 1 heterocycles. The van der Waals surface area contributed by atoms with E-state index in [9.17, 15) is 4.79 Å². The zero-order chi connectivity index (χ0) is 19.1. The van der Waals surface area contributed by atoms with Gasteiger partial charge in [0.25, 0.3) is 0 Å². The standard InChI is InChI=1S/C25H18O3/c1-27-23-13-7-8-17-16-19(14-15-20(17)23)25(18-9-3-2-4-10-18)22-12-6-5-11-21(22)24(26)28-25/h2-16H,1H3/t25-/m0/s1. The van der Waals surface area contributed by atoms with E-state index < -0.39 is 5.60 Å². The third-order valence-corrected chi connectivity index (χ3v) is 5.42. The Hall–Kier alpha value is -3.59. The summed E-state index contributed by atoms with van der Waals surface area (Å²) in [5, 5.41) is 2.06. The first kappa shape index (κ1) is 16.6. The van der Waals surface area contributed by atoms with Crippen LogP contribution >= 0.6 is 0 Å². The minimum Gasteiger partial charge on any atom is -0.496 e. The first-order chi connectivity index (χ1) is 13.7. The Balaban J connectivity index is 1.83. The van der Waals surface area contributed by atoms with Crippen LogP contribution in [0.1, 0.15) is 27.0 Å². The molecule has 5 rings (SSSR count). The van der Waals surface area contributed by atoms with Crippen LogP contribution in [-0.4, -0.2) is 13.1 Å². The lowest BCUT2D eigenvalue weighted by Crippen LogP contribution is -2.29. The number of hydrogen-bond donors (Lipinski definition) is 0. The molecule has 0 saturated heterocycles. The van der Waals surface area contributed by atoms with Gasteiger partial charge in [0, 0.05) is 22.1 Å². The van der Waals surface area contributed by atoms with Crippen molar-refractivity contribution in [3.63, 3.8) is 0 Å². The van der Waals surface area contributed by atoms with Crippen LogP contribution in [0.5, 0.6) is 5.75 Å². The molecule has 136 valence electrons. The monoisotopic (exact) mass is 366 g/mol. The lowest BCUT2D eigenvalue weighted by atomic mass is 9.79. The number of ether oxygens (including phenoxy) is 2. The Morgan fingerprint density at radius 2 is 1.57 bits per heavy atom. The molecular weight excluding hydrogens is 348 g/mol. The van der Waals surface area contributed by atoms with Crippen LogP contribution in [-0.2, 0) is 10.3 Å². The van der Waals surface area contributed by atoms with Gasteiger partial charge < -0.3 is 9.47 Å². The van der Waals surface area contributed by atoms with Gasteiger partial charge in [-0.3, -0.25) is 0 Å². The highest BCUT2D eigenvalue weighted by Crippen LogP contribution is 2.47. The van der Waals surface area contributed by atoms with Crippen LogP contribution in [0.2, 0.25) is 0 Å². The number of fused-ring (bicyclic) bond motifs is 2. The predicted molar refractivity (Wildman–Crippen MR) is 109 cm³/mol. The fourth-order valence-electron chi connectivity index (χ4n) is 4.14. The van der Waals surface area contributed by atoms with Gasteiger partial charge in [-0.25, -0.2) is 4.79 Å². The Morgan fingerprint density at radius 3 is 2.39 bits per heavy atom. The van der Waals surface area contributed by atoms with E-state index in [2.05, 4.69) is 6.07 Å². The quantitative estimate of drug-likeness (QED) is 0.461. The molecule has 3 nitrogen and oxygen atoms in total. The highest BCUT2D eigenvalue weighted by molar-refractivity contribution is 5.97. The molecule has 1 aliphatic rings. The van der Waals surface area contributed by atoms with Gasteiger partial charge in [-0.15, -0.1) is 0 Å². The average molecular weight is 366 g/mol. The van der Waals surface area contributed by atoms with Crippen molar-refractivity contribution in [1.29, 1.82) is 0 Å². The molecule has 0 radical (unpaired) electrons. The summed E-state index contributed by atoms with van der Waals surface area (Å²) in [5.74, 6) is 0.520. The lowest BCUT2D eigenvalue weighted by Gasteiger charge is -2.30. The van der Waals surface area contributed by atoms with Crippen molar-refractivity contribution in [2.45, 2.75) is 5.60 Å². The Bertz CT molecular complexity index is 1200. The molecule has 0 fully saturated rings. The van der Waals surface area contributed by atoms with Crippen molar-refractivity contribution in [3.05, 3.63) is 113 Å². The summed E-state index contributed by atoms with van der Waals surface area (Å²) in [5.41, 5.74) is 2.35. The maximum absolute atomic E-state index is 12.7. The normalized spacial score (nSPS) is 18.0. The summed E-state index contributed by atoms with van der Waals surface area (Å²) < 4.78 is 11.6. The molecule has 1 aliphatic heterocycles. The average Bonchev–Trinajstić information content (AvgIpc) is 3.07. The number of carbonyl (C=O) groups is 1. The molecule has 0 unspecified atom stereocenters. The van der Waals surface area contributed by atoms with E-state index in [1.165, 1.54) is 0 Å². The molecule has 0 amide bonds. The van der Waals surface area contributed by atoms with Crippen LogP contribution < -0.4 is 4.74 Å². The second-order valence-corrected chi connectivity index (χ2v) is 6.88. The van der Waals surface area contributed by atoms with E-state index in [1.54, 1.807) is 7.11 Å². The Kier molecular flexibility index (Phi) is 3.69. The van der Waals surface area contributed by atoms with Crippen LogP contribution in [0.3, 0.4) is 0 Å². The van der Waals surface area contributed by atoms with Gasteiger partial charge in [-0.2, -0.15) is 0 Å². The molecule has 1 atom stereocenters. The molecule has 0 spiro atoms. The second-order valence-electron chi connectivity index (χ2n) is 6.88. The molecule has 4 aromatic rings. The molecule has 0 bridgehead atoms. The van der Waals surface area contributed by atoms with E-state index in [0.717, 1.165) is 33.2 Å². The summed E-state index contributed by atoms with van der Waals surface area (Å²) >= 11 is 0. The van der Waals surface area contributed by atoms with Crippen molar-refractivity contribution in [2.24, 2.45) is 0 Å². The van der Waals surface area contributed by atoms with E-state index in [4.69, 9.17) is 9.47 Å². The van der Waals surface area contributed by atoms with Crippen molar-refractivity contribution >= 4 is 16.7 Å². The van der Waals surface area contributed by atoms with Crippen molar-refractivity contribution in [1.82, 2.24) is 0 Å². The van der Waals surface area contributed by atoms with Gasteiger partial charge in [-0.1, -0.05) is 72.8 Å². The van der Waals surface area contributed by atoms with E-state index in [-0.39, 0.29) is 5.97 Å². The second kappa shape index (κ2) is 6.24. The lowest BCUT2D eigenvalue weighted by molar-refractivity contribution is 0.0252. The van der Waals surface area contributed by atoms with Crippen LogP contribution in [0, 0.1) is 0 Å². The summed E-state index contributed by atoms with van der Waals surface area (Å²) in [6.45, 7) is 0. The van der Waals surface area contributed by atoms with Gasteiger partial charge in [0.05, 0.1) is 12.7 Å². The van der Waals surface area contributed by atoms with Crippen molar-refractivity contribution in [3.8, 4) is 5.75 Å². The van der Waals surface area contributed by atoms with Gasteiger partial charge in [0.15, 0.2) is 5.60 Å². The molecule has 0 N–H and O–H groups in total. The Labute approximate surface area is 163 Å². The van der Waals surface area contributed by atoms with Crippen LogP contribution in [0.15, 0.2) is 91.0 Å². The minimum atomic E-state index is -0.966. The fourth-order valence-corrected chi connectivity index (χ4v) is 4.14. The zero-order valence-corrected chi connectivity index (χ0v) is 15.4. The summed E-state index contributed by atoms with van der Waals surface area (Å²) in [4.78, 5) is 12.7. The van der Waals surface area contributed by atoms with Gasteiger partial charge in [-0.05, 0) is 23.6 Å². The first-order valence-corrected chi connectivity index (χ1v) is 9.19.